The minimum atomic E-state index is 0.120. The first-order valence-corrected chi connectivity index (χ1v) is 7.92. The van der Waals surface area contributed by atoms with Gasteiger partial charge >= 0.3 is 0 Å². The van der Waals surface area contributed by atoms with E-state index in [-0.39, 0.29) is 5.91 Å². The fourth-order valence-corrected chi connectivity index (χ4v) is 2.89. The van der Waals surface area contributed by atoms with Gasteiger partial charge in [-0.05, 0) is 45.0 Å². The maximum absolute atomic E-state index is 12.8. The molecule has 1 aliphatic heterocycles. The standard InChI is InChI=1S/C17H27N3O/c1-4-11-18-16-10-6-5-9-15(16)17(21)20(3)14-8-7-12-19(2)13-14/h5-6,9-10,14,18H,4,7-8,11-13H2,1-3H3. The molecule has 1 heterocycles. The maximum atomic E-state index is 12.8. The third-order valence-electron chi connectivity index (χ3n) is 4.19. The Balaban J connectivity index is 2.11. The van der Waals surface area contributed by atoms with Crippen molar-refractivity contribution in [1.82, 2.24) is 9.80 Å². The van der Waals surface area contributed by atoms with E-state index in [1.165, 1.54) is 0 Å². The van der Waals surface area contributed by atoms with Crippen molar-refractivity contribution in [2.45, 2.75) is 32.2 Å². The number of benzene rings is 1. The summed E-state index contributed by atoms with van der Waals surface area (Å²) in [6.07, 6.45) is 3.30. The summed E-state index contributed by atoms with van der Waals surface area (Å²) >= 11 is 0. The second-order valence-corrected chi connectivity index (χ2v) is 5.95. The summed E-state index contributed by atoms with van der Waals surface area (Å²) in [5, 5.41) is 3.35. The van der Waals surface area contributed by atoms with Crippen LogP contribution in [0.1, 0.15) is 36.5 Å². The quantitative estimate of drug-likeness (QED) is 0.905. The Morgan fingerprint density at radius 3 is 2.90 bits per heavy atom. The Labute approximate surface area is 128 Å². The van der Waals surface area contributed by atoms with Gasteiger partial charge in [0.2, 0.25) is 0 Å². The highest BCUT2D eigenvalue weighted by Crippen LogP contribution is 2.20. The van der Waals surface area contributed by atoms with E-state index >= 15 is 0 Å². The topological polar surface area (TPSA) is 35.6 Å². The minimum absolute atomic E-state index is 0.120. The Kier molecular flexibility index (Phi) is 5.62. The molecular formula is C17H27N3O. The van der Waals surface area contributed by atoms with Crippen LogP contribution in [0.3, 0.4) is 0 Å². The lowest BCUT2D eigenvalue weighted by Crippen LogP contribution is -2.47. The smallest absolute Gasteiger partial charge is 0.255 e. The molecule has 116 valence electrons. The molecular weight excluding hydrogens is 262 g/mol. The number of anilines is 1. The molecule has 1 N–H and O–H groups in total. The number of likely N-dealkylation sites (tertiary alicyclic amines) is 1. The molecule has 1 fully saturated rings. The van der Waals surface area contributed by atoms with Crippen molar-refractivity contribution in [2.75, 3.05) is 39.0 Å². The molecule has 1 unspecified atom stereocenters. The van der Waals surface area contributed by atoms with Gasteiger partial charge in [-0.15, -0.1) is 0 Å². The Morgan fingerprint density at radius 2 is 2.19 bits per heavy atom. The average molecular weight is 289 g/mol. The second kappa shape index (κ2) is 7.46. The van der Waals surface area contributed by atoms with Crippen LogP contribution in [0.4, 0.5) is 5.69 Å². The zero-order valence-electron chi connectivity index (χ0n) is 13.4. The number of piperidine rings is 1. The molecule has 4 heteroatoms. The van der Waals surface area contributed by atoms with E-state index in [9.17, 15) is 4.79 Å². The number of likely N-dealkylation sites (N-methyl/N-ethyl adjacent to an activating group) is 2. The number of para-hydroxylation sites is 1. The van der Waals surface area contributed by atoms with Gasteiger partial charge < -0.3 is 15.1 Å². The van der Waals surface area contributed by atoms with Crippen LogP contribution >= 0.6 is 0 Å². The van der Waals surface area contributed by atoms with Crippen molar-refractivity contribution < 1.29 is 4.79 Å². The van der Waals surface area contributed by atoms with Gasteiger partial charge in [0.1, 0.15) is 0 Å². The number of hydrogen-bond donors (Lipinski definition) is 1. The van der Waals surface area contributed by atoms with Gasteiger partial charge in [-0.25, -0.2) is 0 Å². The van der Waals surface area contributed by atoms with E-state index in [2.05, 4.69) is 24.2 Å². The van der Waals surface area contributed by atoms with Crippen LogP contribution < -0.4 is 5.32 Å². The van der Waals surface area contributed by atoms with Crippen LogP contribution in [-0.4, -0.2) is 55.5 Å². The minimum Gasteiger partial charge on any atom is -0.384 e. The fraction of sp³-hybridized carbons (Fsp3) is 0.588. The summed E-state index contributed by atoms with van der Waals surface area (Å²) in [6, 6.07) is 8.14. The van der Waals surface area contributed by atoms with Gasteiger partial charge in [-0.1, -0.05) is 19.1 Å². The molecule has 2 rings (SSSR count). The van der Waals surface area contributed by atoms with E-state index in [0.29, 0.717) is 6.04 Å². The SMILES string of the molecule is CCCNc1ccccc1C(=O)N(C)C1CCCN(C)C1. The predicted molar refractivity (Wildman–Crippen MR) is 87.8 cm³/mol. The summed E-state index contributed by atoms with van der Waals surface area (Å²) in [6.45, 7) is 5.11. The monoisotopic (exact) mass is 289 g/mol. The molecule has 0 aromatic heterocycles. The number of carbonyl (C=O) groups is 1. The average Bonchev–Trinajstić information content (AvgIpc) is 2.51. The summed E-state index contributed by atoms with van der Waals surface area (Å²) in [4.78, 5) is 17.0. The third kappa shape index (κ3) is 3.97. The highest BCUT2D eigenvalue weighted by atomic mass is 16.2. The first-order valence-electron chi connectivity index (χ1n) is 7.92. The highest BCUT2D eigenvalue weighted by molar-refractivity contribution is 5.99. The molecule has 1 saturated heterocycles. The maximum Gasteiger partial charge on any atom is 0.255 e. The molecule has 0 radical (unpaired) electrons. The summed E-state index contributed by atoms with van der Waals surface area (Å²) < 4.78 is 0. The predicted octanol–water partition coefficient (Wildman–Crippen LogP) is 2.67. The van der Waals surface area contributed by atoms with Crippen molar-refractivity contribution in [3.8, 4) is 0 Å². The van der Waals surface area contributed by atoms with Gasteiger partial charge in [0.15, 0.2) is 0 Å². The van der Waals surface area contributed by atoms with Gasteiger partial charge in [0.25, 0.3) is 5.91 Å². The lowest BCUT2D eigenvalue weighted by atomic mass is 10.0. The van der Waals surface area contributed by atoms with Crippen LogP contribution in [0.15, 0.2) is 24.3 Å². The highest BCUT2D eigenvalue weighted by Gasteiger charge is 2.26. The number of nitrogens with zero attached hydrogens (tertiary/aromatic N) is 2. The lowest BCUT2D eigenvalue weighted by molar-refractivity contribution is 0.0645. The van der Waals surface area contributed by atoms with Gasteiger partial charge in [-0.2, -0.15) is 0 Å². The summed E-state index contributed by atoms with van der Waals surface area (Å²) in [5.41, 5.74) is 1.72. The van der Waals surface area contributed by atoms with Crippen molar-refractivity contribution in [3.63, 3.8) is 0 Å². The van der Waals surface area contributed by atoms with Crippen molar-refractivity contribution >= 4 is 11.6 Å². The van der Waals surface area contributed by atoms with E-state index in [0.717, 1.165) is 50.1 Å². The molecule has 0 saturated carbocycles. The molecule has 21 heavy (non-hydrogen) atoms. The van der Waals surface area contributed by atoms with E-state index < -0.39 is 0 Å². The van der Waals surface area contributed by atoms with Gasteiger partial charge in [0, 0.05) is 31.9 Å². The number of amides is 1. The molecule has 1 atom stereocenters. The van der Waals surface area contributed by atoms with Gasteiger partial charge in [-0.3, -0.25) is 4.79 Å². The van der Waals surface area contributed by atoms with Crippen molar-refractivity contribution in [1.29, 1.82) is 0 Å². The first kappa shape index (κ1) is 15.8. The molecule has 0 aliphatic carbocycles. The Hall–Kier alpha value is -1.55. The van der Waals surface area contributed by atoms with Crippen molar-refractivity contribution in [2.24, 2.45) is 0 Å². The van der Waals surface area contributed by atoms with E-state index in [4.69, 9.17) is 0 Å². The molecule has 1 amide bonds. The van der Waals surface area contributed by atoms with E-state index in [1.807, 2.05) is 36.2 Å². The Morgan fingerprint density at radius 1 is 1.43 bits per heavy atom. The summed E-state index contributed by atoms with van der Waals surface area (Å²) in [5.74, 6) is 0.120. The van der Waals surface area contributed by atoms with Gasteiger partial charge in [0.05, 0.1) is 5.56 Å². The summed E-state index contributed by atoms with van der Waals surface area (Å²) in [7, 11) is 4.06. The lowest BCUT2D eigenvalue weighted by Gasteiger charge is -2.36. The van der Waals surface area contributed by atoms with Crippen molar-refractivity contribution in [3.05, 3.63) is 29.8 Å². The molecule has 0 bridgehead atoms. The molecule has 4 nitrogen and oxygen atoms in total. The van der Waals surface area contributed by atoms with Crippen LogP contribution in [0.2, 0.25) is 0 Å². The largest absolute Gasteiger partial charge is 0.384 e. The number of hydrogen-bond acceptors (Lipinski definition) is 3. The number of nitrogens with one attached hydrogen (secondary N) is 1. The van der Waals surface area contributed by atoms with Crippen LogP contribution in [0.5, 0.6) is 0 Å². The van der Waals surface area contributed by atoms with E-state index in [1.54, 1.807) is 0 Å². The molecule has 1 aromatic carbocycles. The normalized spacial score (nSPS) is 19.3. The first-order chi connectivity index (χ1) is 10.1. The number of carbonyl (C=O) groups excluding carboxylic acids is 1. The Bertz CT molecular complexity index is 475. The fourth-order valence-electron chi connectivity index (χ4n) is 2.89. The molecule has 1 aromatic rings. The zero-order valence-corrected chi connectivity index (χ0v) is 13.4. The van der Waals surface area contributed by atoms with Crippen LogP contribution in [-0.2, 0) is 0 Å². The zero-order chi connectivity index (χ0) is 15.2. The number of rotatable bonds is 5. The second-order valence-electron chi connectivity index (χ2n) is 5.95. The van der Waals surface area contributed by atoms with Crippen LogP contribution in [0.25, 0.3) is 0 Å². The van der Waals surface area contributed by atoms with Crippen LogP contribution in [0, 0.1) is 0 Å². The third-order valence-corrected chi connectivity index (χ3v) is 4.19. The molecule has 0 spiro atoms. The molecule has 1 aliphatic rings.